The Bertz CT molecular complexity index is 744. The quantitative estimate of drug-likeness (QED) is 0.724. The Kier molecular flexibility index (Phi) is 3.70. The normalized spacial score (nSPS) is 13.0. The Morgan fingerprint density at radius 1 is 1.35 bits per heavy atom. The fourth-order valence-electron chi connectivity index (χ4n) is 2.25. The molecule has 0 aliphatic carbocycles. The van der Waals surface area contributed by atoms with Crippen LogP contribution in [0.3, 0.4) is 0 Å². The number of hydrogen-bond acceptors (Lipinski definition) is 3. The Hall–Kier alpha value is -1.11. The predicted molar refractivity (Wildman–Crippen MR) is 83.5 cm³/mol. The zero-order chi connectivity index (χ0) is 14.3. The van der Waals surface area contributed by atoms with Crippen molar-refractivity contribution in [2.75, 3.05) is 0 Å². The molecule has 6 heteroatoms. The SMILES string of the molecule is Cn1nc(CC(O)c2cc(Br)c(Br)o2)c2ccccc21. The van der Waals surface area contributed by atoms with Crippen molar-refractivity contribution >= 4 is 42.8 Å². The number of furan rings is 1. The number of fused-ring (bicyclic) bond motifs is 1. The van der Waals surface area contributed by atoms with Gasteiger partial charge in [0.2, 0.25) is 0 Å². The van der Waals surface area contributed by atoms with E-state index in [1.54, 1.807) is 6.07 Å². The molecule has 0 saturated heterocycles. The minimum atomic E-state index is -0.726. The molecule has 1 atom stereocenters. The van der Waals surface area contributed by atoms with E-state index in [1.807, 2.05) is 36.0 Å². The molecule has 20 heavy (non-hydrogen) atoms. The van der Waals surface area contributed by atoms with Crippen molar-refractivity contribution in [3.8, 4) is 0 Å². The maximum atomic E-state index is 10.3. The van der Waals surface area contributed by atoms with Gasteiger partial charge in [0.25, 0.3) is 0 Å². The molecule has 0 saturated carbocycles. The maximum absolute atomic E-state index is 10.3. The molecule has 4 nitrogen and oxygen atoms in total. The van der Waals surface area contributed by atoms with E-state index in [2.05, 4.69) is 37.0 Å². The molecule has 3 rings (SSSR count). The molecule has 0 aliphatic heterocycles. The highest BCUT2D eigenvalue weighted by atomic mass is 79.9. The average molecular weight is 400 g/mol. The van der Waals surface area contributed by atoms with Crippen LogP contribution in [0.25, 0.3) is 10.9 Å². The van der Waals surface area contributed by atoms with Crippen LogP contribution in [-0.4, -0.2) is 14.9 Å². The van der Waals surface area contributed by atoms with Gasteiger partial charge in [0.05, 0.1) is 15.7 Å². The molecule has 0 spiro atoms. The van der Waals surface area contributed by atoms with Gasteiger partial charge in [-0.15, -0.1) is 0 Å². The highest BCUT2D eigenvalue weighted by Crippen LogP contribution is 2.32. The van der Waals surface area contributed by atoms with Crippen LogP contribution in [0.2, 0.25) is 0 Å². The van der Waals surface area contributed by atoms with E-state index in [1.165, 1.54) is 0 Å². The topological polar surface area (TPSA) is 51.2 Å². The van der Waals surface area contributed by atoms with Crippen molar-refractivity contribution in [3.05, 3.63) is 50.9 Å². The van der Waals surface area contributed by atoms with Crippen molar-refractivity contribution in [2.24, 2.45) is 7.05 Å². The molecule has 1 unspecified atom stereocenters. The minimum absolute atomic E-state index is 0.410. The Balaban J connectivity index is 1.93. The smallest absolute Gasteiger partial charge is 0.183 e. The third-order valence-corrected chi connectivity index (χ3v) is 4.92. The molecule has 3 aromatic rings. The summed E-state index contributed by atoms with van der Waals surface area (Å²) in [6, 6.07) is 9.74. The van der Waals surface area contributed by atoms with Crippen LogP contribution in [0, 0.1) is 0 Å². The second kappa shape index (κ2) is 5.35. The lowest BCUT2D eigenvalue weighted by atomic mass is 10.1. The lowest BCUT2D eigenvalue weighted by molar-refractivity contribution is 0.148. The number of aromatic nitrogens is 2. The molecule has 1 N–H and O–H groups in total. The molecule has 2 aromatic heterocycles. The summed E-state index contributed by atoms with van der Waals surface area (Å²) in [7, 11) is 1.90. The number of nitrogens with zero attached hydrogens (tertiary/aromatic N) is 2. The first-order valence-electron chi connectivity index (χ1n) is 6.09. The summed E-state index contributed by atoms with van der Waals surface area (Å²) in [6.45, 7) is 0. The third-order valence-electron chi connectivity index (χ3n) is 3.21. The van der Waals surface area contributed by atoms with E-state index in [4.69, 9.17) is 4.42 Å². The van der Waals surface area contributed by atoms with Crippen molar-refractivity contribution in [2.45, 2.75) is 12.5 Å². The van der Waals surface area contributed by atoms with Gasteiger partial charge < -0.3 is 9.52 Å². The van der Waals surface area contributed by atoms with Gasteiger partial charge in [-0.2, -0.15) is 5.10 Å². The van der Waals surface area contributed by atoms with Crippen LogP contribution < -0.4 is 0 Å². The molecule has 2 heterocycles. The molecule has 0 aliphatic rings. The van der Waals surface area contributed by atoms with Crippen LogP contribution in [-0.2, 0) is 13.5 Å². The molecule has 1 aromatic carbocycles. The second-order valence-corrected chi connectivity index (χ2v) is 6.15. The summed E-state index contributed by atoms with van der Waals surface area (Å²) in [5.74, 6) is 0.512. The van der Waals surface area contributed by atoms with Gasteiger partial charge in [-0.1, -0.05) is 18.2 Å². The van der Waals surface area contributed by atoms with Gasteiger partial charge in [0.1, 0.15) is 11.9 Å². The minimum Gasteiger partial charge on any atom is -0.450 e. The van der Waals surface area contributed by atoms with Gasteiger partial charge in [-0.25, -0.2) is 0 Å². The van der Waals surface area contributed by atoms with Gasteiger partial charge >= 0.3 is 0 Å². The highest BCUT2D eigenvalue weighted by molar-refractivity contribution is 9.13. The van der Waals surface area contributed by atoms with E-state index in [0.717, 1.165) is 21.1 Å². The van der Waals surface area contributed by atoms with Crippen LogP contribution in [0.4, 0.5) is 0 Å². The number of aliphatic hydroxyl groups is 1. The highest BCUT2D eigenvalue weighted by Gasteiger charge is 2.18. The van der Waals surface area contributed by atoms with Crippen molar-refractivity contribution in [1.82, 2.24) is 9.78 Å². The van der Waals surface area contributed by atoms with Crippen molar-refractivity contribution in [3.63, 3.8) is 0 Å². The van der Waals surface area contributed by atoms with Gasteiger partial charge in [-0.3, -0.25) is 4.68 Å². The van der Waals surface area contributed by atoms with E-state index in [9.17, 15) is 5.11 Å². The Morgan fingerprint density at radius 2 is 2.10 bits per heavy atom. The van der Waals surface area contributed by atoms with Gasteiger partial charge in [-0.05, 0) is 44.0 Å². The first-order chi connectivity index (χ1) is 9.56. The number of halogens is 2. The number of aryl methyl sites for hydroxylation is 1. The summed E-state index contributed by atoms with van der Waals surface area (Å²) in [5, 5.41) is 15.8. The first-order valence-corrected chi connectivity index (χ1v) is 7.68. The number of para-hydroxylation sites is 1. The third kappa shape index (κ3) is 2.43. The molecule has 0 amide bonds. The number of hydrogen-bond donors (Lipinski definition) is 1. The molecular formula is C14H12Br2N2O2. The number of aliphatic hydroxyl groups excluding tert-OH is 1. The summed E-state index contributed by atoms with van der Waals surface area (Å²) < 4.78 is 8.65. The molecule has 0 radical (unpaired) electrons. The Labute approximate surface area is 132 Å². The molecule has 104 valence electrons. The predicted octanol–water partition coefficient (Wildman–Crippen LogP) is 3.97. The molecule has 0 fully saturated rings. The lowest BCUT2D eigenvalue weighted by Gasteiger charge is -2.05. The van der Waals surface area contributed by atoms with Gasteiger partial charge in [0.15, 0.2) is 4.67 Å². The van der Waals surface area contributed by atoms with E-state index in [0.29, 0.717) is 16.9 Å². The largest absolute Gasteiger partial charge is 0.450 e. The first kappa shape index (κ1) is 13.9. The van der Waals surface area contributed by atoms with Crippen LogP contribution in [0.15, 0.2) is 43.9 Å². The van der Waals surface area contributed by atoms with Crippen LogP contribution in [0.1, 0.15) is 17.6 Å². The molecular weight excluding hydrogens is 388 g/mol. The van der Waals surface area contributed by atoms with Gasteiger partial charge in [0, 0.05) is 18.9 Å². The zero-order valence-corrected chi connectivity index (χ0v) is 13.8. The standard InChI is InChI=1S/C14H12Br2N2O2/c1-18-11-5-3-2-4-8(11)10(17-18)7-12(19)13-6-9(15)14(16)20-13/h2-6,12,19H,7H2,1H3. The van der Waals surface area contributed by atoms with Crippen LogP contribution in [0.5, 0.6) is 0 Å². The summed E-state index contributed by atoms with van der Waals surface area (Å²) in [4.78, 5) is 0. The van der Waals surface area contributed by atoms with Crippen LogP contribution >= 0.6 is 31.9 Å². The number of benzene rings is 1. The lowest BCUT2D eigenvalue weighted by Crippen LogP contribution is -2.02. The van der Waals surface area contributed by atoms with Crippen molar-refractivity contribution in [1.29, 1.82) is 0 Å². The number of rotatable bonds is 3. The monoisotopic (exact) mass is 398 g/mol. The fraction of sp³-hybridized carbons (Fsp3) is 0.214. The summed E-state index contributed by atoms with van der Waals surface area (Å²) >= 11 is 6.61. The second-order valence-electron chi connectivity index (χ2n) is 4.58. The van der Waals surface area contributed by atoms with E-state index < -0.39 is 6.10 Å². The van der Waals surface area contributed by atoms with Crippen molar-refractivity contribution < 1.29 is 9.52 Å². The van der Waals surface area contributed by atoms with E-state index in [-0.39, 0.29) is 0 Å². The molecule has 0 bridgehead atoms. The maximum Gasteiger partial charge on any atom is 0.183 e. The fourth-order valence-corrected chi connectivity index (χ4v) is 2.86. The summed E-state index contributed by atoms with van der Waals surface area (Å²) in [6.07, 6.45) is -0.316. The van der Waals surface area contributed by atoms with E-state index >= 15 is 0 Å². The zero-order valence-electron chi connectivity index (χ0n) is 10.7. The Morgan fingerprint density at radius 3 is 2.80 bits per heavy atom. The average Bonchev–Trinajstić information content (AvgIpc) is 2.92. The summed E-state index contributed by atoms with van der Waals surface area (Å²) in [5.41, 5.74) is 1.91.